The van der Waals surface area contributed by atoms with Crippen LogP contribution in [0.3, 0.4) is 0 Å². The van der Waals surface area contributed by atoms with E-state index in [9.17, 15) is 9.59 Å². The van der Waals surface area contributed by atoms with Gasteiger partial charge in [0, 0.05) is 49.1 Å². The summed E-state index contributed by atoms with van der Waals surface area (Å²) in [5.41, 5.74) is 2.48. The molecule has 1 saturated carbocycles. The number of ether oxygens (including phenoxy) is 3. The van der Waals surface area contributed by atoms with Gasteiger partial charge in [0.2, 0.25) is 11.8 Å². The standard InChI is InChI=1S/C26H32N4O5/c1-29(17-24(31)27-19-4-7-21(8-5-19)30-12-14-33-15-13-30)18-25(32)28-20-6-9-22-23(16-20)35-26(34-22)10-2-3-11-26/h4-9,16H,2-3,10-15,17-18H2,1H3,(H,27,31)(H,28,32). The fourth-order valence-electron chi connectivity index (χ4n) is 4.81. The van der Waals surface area contributed by atoms with Crippen molar-refractivity contribution in [1.29, 1.82) is 0 Å². The van der Waals surface area contributed by atoms with Gasteiger partial charge >= 0.3 is 0 Å². The van der Waals surface area contributed by atoms with E-state index in [2.05, 4.69) is 15.5 Å². The molecular weight excluding hydrogens is 448 g/mol. The molecule has 0 aromatic heterocycles. The van der Waals surface area contributed by atoms with Crippen molar-refractivity contribution >= 4 is 28.9 Å². The highest BCUT2D eigenvalue weighted by Crippen LogP contribution is 2.47. The number of carbonyl (C=O) groups excluding carboxylic acids is 2. The summed E-state index contributed by atoms with van der Waals surface area (Å²) < 4.78 is 17.5. The van der Waals surface area contributed by atoms with Crippen molar-refractivity contribution in [3.63, 3.8) is 0 Å². The Hall–Kier alpha value is -3.30. The fourth-order valence-corrected chi connectivity index (χ4v) is 4.81. The van der Waals surface area contributed by atoms with E-state index in [4.69, 9.17) is 14.2 Å². The predicted octanol–water partition coefficient (Wildman–Crippen LogP) is 3.07. The molecular formula is C26H32N4O5. The van der Waals surface area contributed by atoms with E-state index in [0.29, 0.717) is 11.4 Å². The monoisotopic (exact) mass is 480 g/mol. The van der Waals surface area contributed by atoms with Crippen LogP contribution in [-0.4, -0.2) is 68.9 Å². The van der Waals surface area contributed by atoms with Gasteiger partial charge in [-0.05, 0) is 56.3 Å². The molecule has 2 aromatic rings. The quantitative estimate of drug-likeness (QED) is 0.629. The van der Waals surface area contributed by atoms with Crippen molar-refractivity contribution in [3.05, 3.63) is 42.5 Å². The van der Waals surface area contributed by atoms with Crippen LogP contribution < -0.4 is 25.0 Å². The third-order valence-corrected chi connectivity index (χ3v) is 6.54. The van der Waals surface area contributed by atoms with Gasteiger partial charge in [0.15, 0.2) is 11.5 Å². The summed E-state index contributed by atoms with van der Waals surface area (Å²) in [5, 5.41) is 5.77. The molecule has 35 heavy (non-hydrogen) atoms. The largest absolute Gasteiger partial charge is 0.448 e. The van der Waals surface area contributed by atoms with Crippen molar-refractivity contribution in [2.45, 2.75) is 31.5 Å². The minimum absolute atomic E-state index is 0.0851. The number of anilines is 3. The summed E-state index contributed by atoms with van der Waals surface area (Å²) in [6, 6.07) is 13.2. The molecule has 1 saturated heterocycles. The zero-order chi connectivity index (χ0) is 24.3. The summed E-state index contributed by atoms with van der Waals surface area (Å²) >= 11 is 0. The molecule has 2 aromatic carbocycles. The molecule has 3 aliphatic rings. The van der Waals surface area contributed by atoms with Crippen molar-refractivity contribution in [1.82, 2.24) is 4.90 Å². The molecule has 5 rings (SSSR count). The van der Waals surface area contributed by atoms with Crippen LogP contribution in [0.5, 0.6) is 11.5 Å². The van der Waals surface area contributed by atoms with Gasteiger partial charge < -0.3 is 29.7 Å². The van der Waals surface area contributed by atoms with E-state index in [-0.39, 0.29) is 24.9 Å². The van der Waals surface area contributed by atoms with Crippen LogP contribution in [0.15, 0.2) is 42.5 Å². The lowest BCUT2D eigenvalue weighted by Gasteiger charge is -2.28. The first-order valence-corrected chi connectivity index (χ1v) is 12.2. The first kappa shape index (κ1) is 23.4. The third-order valence-electron chi connectivity index (χ3n) is 6.54. The molecule has 2 N–H and O–H groups in total. The van der Waals surface area contributed by atoms with Crippen molar-refractivity contribution < 1.29 is 23.8 Å². The maximum absolute atomic E-state index is 12.5. The smallest absolute Gasteiger partial charge is 0.251 e. The van der Waals surface area contributed by atoms with Gasteiger partial charge in [-0.15, -0.1) is 0 Å². The van der Waals surface area contributed by atoms with E-state index in [1.807, 2.05) is 30.3 Å². The maximum Gasteiger partial charge on any atom is 0.251 e. The van der Waals surface area contributed by atoms with Gasteiger partial charge in [-0.2, -0.15) is 0 Å². The molecule has 0 unspecified atom stereocenters. The average molecular weight is 481 g/mol. The number of nitrogens with zero attached hydrogens (tertiary/aromatic N) is 2. The SMILES string of the molecule is CN(CC(=O)Nc1ccc(N2CCOCC2)cc1)CC(=O)Nc1ccc2c(c1)OC1(CCCC1)O2. The molecule has 9 nitrogen and oxygen atoms in total. The molecule has 2 fully saturated rings. The maximum atomic E-state index is 12.5. The van der Waals surface area contributed by atoms with Crippen molar-refractivity contribution in [3.8, 4) is 11.5 Å². The number of hydrogen-bond donors (Lipinski definition) is 2. The van der Waals surface area contributed by atoms with Gasteiger partial charge in [0.05, 0.1) is 26.3 Å². The van der Waals surface area contributed by atoms with E-state index >= 15 is 0 Å². The number of rotatable bonds is 7. The molecule has 1 spiro atoms. The molecule has 1 aliphatic carbocycles. The second kappa shape index (κ2) is 10.1. The van der Waals surface area contributed by atoms with Gasteiger partial charge in [0.25, 0.3) is 5.79 Å². The van der Waals surface area contributed by atoms with Crippen LogP contribution in [0.25, 0.3) is 0 Å². The van der Waals surface area contributed by atoms with Gasteiger partial charge in [-0.1, -0.05) is 0 Å². The average Bonchev–Trinajstić information content (AvgIpc) is 3.45. The molecule has 2 aliphatic heterocycles. The second-order valence-electron chi connectivity index (χ2n) is 9.40. The van der Waals surface area contributed by atoms with Crippen LogP contribution in [-0.2, 0) is 14.3 Å². The summed E-state index contributed by atoms with van der Waals surface area (Å²) in [6.45, 7) is 3.38. The molecule has 186 valence electrons. The number of morpholine rings is 1. The number of hydrogen-bond acceptors (Lipinski definition) is 7. The lowest BCUT2D eigenvalue weighted by Crippen LogP contribution is -2.36. The number of benzene rings is 2. The highest BCUT2D eigenvalue weighted by Gasteiger charge is 2.44. The van der Waals surface area contributed by atoms with Crippen LogP contribution in [0.4, 0.5) is 17.1 Å². The number of amides is 2. The normalized spacial score (nSPS) is 18.2. The first-order chi connectivity index (χ1) is 17.0. The van der Waals surface area contributed by atoms with E-state index in [1.165, 1.54) is 0 Å². The predicted molar refractivity (Wildman–Crippen MR) is 133 cm³/mol. The molecule has 0 radical (unpaired) electrons. The first-order valence-electron chi connectivity index (χ1n) is 12.2. The highest BCUT2D eigenvalue weighted by molar-refractivity contribution is 5.95. The molecule has 0 bridgehead atoms. The number of nitrogens with one attached hydrogen (secondary N) is 2. The minimum Gasteiger partial charge on any atom is -0.448 e. The Labute approximate surface area is 205 Å². The van der Waals surface area contributed by atoms with Crippen LogP contribution in [0.1, 0.15) is 25.7 Å². The van der Waals surface area contributed by atoms with Gasteiger partial charge in [-0.25, -0.2) is 0 Å². The van der Waals surface area contributed by atoms with Crippen LogP contribution in [0, 0.1) is 0 Å². The Balaban J connectivity index is 1.07. The van der Waals surface area contributed by atoms with E-state index in [0.717, 1.165) is 69.1 Å². The van der Waals surface area contributed by atoms with Gasteiger partial charge in [-0.3, -0.25) is 14.5 Å². The van der Waals surface area contributed by atoms with Crippen LogP contribution >= 0.6 is 0 Å². The molecule has 2 amide bonds. The molecule has 0 atom stereocenters. The zero-order valence-electron chi connectivity index (χ0n) is 20.0. The Morgan fingerprint density at radius 1 is 0.886 bits per heavy atom. The number of carbonyl (C=O) groups is 2. The number of likely N-dealkylation sites (N-methyl/N-ethyl adjacent to an activating group) is 1. The van der Waals surface area contributed by atoms with Crippen LogP contribution in [0.2, 0.25) is 0 Å². The summed E-state index contributed by atoms with van der Waals surface area (Å²) in [6.07, 6.45) is 3.96. The zero-order valence-corrected chi connectivity index (χ0v) is 20.0. The topological polar surface area (TPSA) is 92.4 Å². The summed E-state index contributed by atoms with van der Waals surface area (Å²) in [5.74, 6) is 0.476. The Kier molecular flexibility index (Phi) is 6.79. The summed E-state index contributed by atoms with van der Waals surface area (Å²) in [4.78, 5) is 28.9. The fraction of sp³-hybridized carbons (Fsp3) is 0.462. The second-order valence-corrected chi connectivity index (χ2v) is 9.40. The lowest BCUT2D eigenvalue weighted by atomic mass is 10.2. The third kappa shape index (κ3) is 5.68. The lowest BCUT2D eigenvalue weighted by molar-refractivity contribution is -0.119. The van der Waals surface area contributed by atoms with E-state index in [1.54, 1.807) is 24.1 Å². The molecule has 2 heterocycles. The van der Waals surface area contributed by atoms with E-state index < -0.39 is 5.79 Å². The number of fused-ring (bicyclic) bond motifs is 1. The summed E-state index contributed by atoms with van der Waals surface area (Å²) in [7, 11) is 1.74. The van der Waals surface area contributed by atoms with Crippen molar-refractivity contribution in [2.75, 3.05) is 62.0 Å². The molecule has 9 heteroatoms. The highest BCUT2D eigenvalue weighted by atomic mass is 16.7. The Bertz CT molecular complexity index is 1060. The minimum atomic E-state index is -0.526. The van der Waals surface area contributed by atoms with Crippen molar-refractivity contribution in [2.24, 2.45) is 0 Å². The Morgan fingerprint density at radius 2 is 1.49 bits per heavy atom. The Morgan fingerprint density at radius 3 is 2.17 bits per heavy atom. The van der Waals surface area contributed by atoms with Gasteiger partial charge in [0.1, 0.15) is 0 Å².